The van der Waals surface area contributed by atoms with E-state index in [-0.39, 0.29) is 23.7 Å². The van der Waals surface area contributed by atoms with Crippen molar-refractivity contribution in [3.63, 3.8) is 0 Å². The number of amides is 2. The van der Waals surface area contributed by atoms with Gasteiger partial charge in [0.1, 0.15) is 5.76 Å². The van der Waals surface area contributed by atoms with Gasteiger partial charge in [-0.2, -0.15) is 0 Å². The van der Waals surface area contributed by atoms with Gasteiger partial charge in [0, 0.05) is 28.9 Å². The number of furan rings is 1. The lowest BCUT2D eigenvalue weighted by Crippen LogP contribution is -2.22. The summed E-state index contributed by atoms with van der Waals surface area (Å²) in [4.78, 5) is 34.8. The van der Waals surface area contributed by atoms with Crippen LogP contribution in [0.3, 0.4) is 0 Å². The number of nitrogens with zero attached hydrogens (tertiary/aromatic N) is 1. The van der Waals surface area contributed by atoms with Crippen molar-refractivity contribution in [2.45, 2.75) is 6.54 Å². The number of carbonyl (C=O) groups excluding carboxylic acids is 2. The lowest BCUT2D eigenvalue weighted by Gasteiger charge is -2.08. The lowest BCUT2D eigenvalue weighted by atomic mass is 10.1. The minimum atomic E-state index is -0.569. The first kappa shape index (κ1) is 17.9. The highest BCUT2D eigenvalue weighted by Crippen LogP contribution is 2.16. The Hall–Kier alpha value is -3.94. The van der Waals surface area contributed by atoms with Crippen molar-refractivity contribution in [2.75, 3.05) is 5.32 Å². The zero-order valence-electron chi connectivity index (χ0n) is 14.0. The molecule has 0 radical (unpaired) electrons. The van der Waals surface area contributed by atoms with Crippen LogP contribution in [-0.4, -0.2) is 16.7 Å². The predicted molar refractivity (Wildman–Crippen MR) is 97.4 cm³/mol. The van der Waals surface area contributed by atoms with Gasteiger partial charge in [0.15, 0.2) is 0 Å². The van der Waals surface area contributed by atoms with Crippen LogP contribution in [0.5, 0.6) is 0 Å². The number of non-ortho nitro benzene ring substituents is 1. The summed E-state index contributed by atoms with van der Waals surface area (Å²) < 4.78 is 5.15. The molecule has 8 heteroatoms. The molecule has 0 saturated carbocycles. The minimum Gasteiger partial charge on any atom is -0.467 e. The van der Waals surface area contributed by atoms with Gasteiger partial charge in [-0.25, -0.2) is 0 Å². The number of hydrogen-bond acceptors (Lipinski definition) is 5. The third kappa shape index (κ3) is 4.57. The molecule has 0 saturated heterocycles. The van der Waals surface area contributed by atoms with E-state index in [1.807, 2.05) is 0 Å². The number of anilines is 1. The van der Waals surface area contributed by atoms with E-state index in [9.17, 15) is 19.7 Å². The van der Waals surface area contributed by atoms with Gasteiger partial charge in [-0.1, -0.05) is 12.1 Å². The third-order valence-corrected chi connectivity index (χ3v) is 3.71. The summed E-state index contributed by atoms with van der Waals surface area (Å²) in [5.41, 5.74) is 0.737. The molecule has 3 rings (SSSR count). The van der Waals surface area contributed by atoms with E-state index in [4.69, 9.17) is 4.42 Å². The van der Waals surface area contributed by atoms with Gasteiger partial charge in [0.25, 0.3) is 17.5 Å². The molecule has 0 fully saturated rings. The van der Waals surface area contributed by atoms with Crippen molar-refractivity contribution in [1.29, 1.82) is 0 Å². The Balaban J connectivity index is 1.68. The van der Waals surface area contributed by atoms with E-state index in [1.54, 1.807) is 30.3 Å². The lowest BCUT2D eigenvalue weighted by molar-refractivity contribution is -0.384. The predicted octanol–water partition coefficient (Wildman–Crippen LogP) is 3.37. The molecule has 0 spiro atoms. The summed E-state index contributed by atoms with van der Waals surface area (Å²) in [5.74, 6) is -0.205. The molecule has 0 aliphatic rings. The van der Waals surface area contributed by atoms with Crippen LogP contribution >= 0.6 is 0 Å². The number of nitro groups is 1. The van der Waals surface area contributed by atoms with Crippen LogP contribution in [0, 0.1) is 10.1 Å². The second-order valence-electron chi connectivity index (χ2n) is 5.60. The molecule has 1 heterocycles. The Morgan fingerprint density at radius 2 is 1.70 bits per heavy atom. The van der Waals surface area contributed by atoms with Gasteiger partial charge in [-0.15, -0.1) is 0 Å². The van der Waals surface area contributed by atoms with Gasteiger partial charge in [-0.05, 0) is 36.4 Å². The van der Waals surface area contributed by atoms with Crippen LogP contribution in [0.25, 0.3) is 0 Å². The molecule has 1 aromatic heterocycles. The number of rotatable bonds is 6. The third-order valence-electron chi connectivity index (χ3n) is 3.71. The Morgan fingerprint density at radius 1 is 0.963 bits per heavy atom. The quantitative estimate of drug-likeness (QED) is 0.513. The largest absolute Gasteiger partial charge is 0.467 e. The molecule has 2 N–H and O–H groups in total. The smallest absolute Gasteiger partial charge is 0.270 e. The van der Waals surface area contributed by atoms with E-state index in [0.717, 1.165) is 0 Å². The summed E-state index contributed by atoms with van der Waals surface area (Å²) in [6.07, 6.45) is 1.52. The van der Waals surface area contributed by atoms with Crippen LogP contribution in [0.2, 0.25) is 0 Å². The fraction of sp³-hybridized carbons (Fsp3) is 0.0526. The second kappa shape index (κ2) is 7.96. The van der Waals surface area contributed by atoms with Crippen molar-refractivity contribution in [2.24, 2.45) is 0 Å². The Labute approximate surface area is 154 Å². The van der Waals surface area contributed by atoms with Crippen molar-refractivity contribution in [3.8, 4) is 0 Å². The summed E-state index contributed by atoms with van der Waals surface area (Å²) >= 11 is 0. The second-order valence-corrected chi connectivity index (χ2v) is 5.60. The van der Waals surface area contributed by atoms with E-state index >= 15 is 0 Å². The van der Waals surface area contributed by atoms with Crippen molar-refractivity contribution >= 4 is 23.2 Å². The van der Waals surface area contributed by atoms with E-state index < -0.39 is 10.8 Å². The SMILES string of the molecule is O=C(NCc1ccco1)c1cccc(NC(=O)c2cccc([N+](=O)[O-])c2)c1. The minimum absolute atomic E-state index is 0.150. The molecule has 2 aromatic carbocycles. The highest BCUT2D eigenvalue weighted by molar-refractivity contribution is 6.05. The fourth-order valence-corrected chi connectivity index (χ4v) is 2.38. The summed E-state index contributed by atoms with van der Waals surface area (Å²) in [6.45, 7) is 0.246. The summed E-state index contributed by atoms with van der Waals surface area (Å²) in [5, 5.41) is 16.2. The topological polar surface area (TPSA) is 114 Å². The van der Waals surface area contributed by atoms with Gasteiger partial charge in [-0.3, -0.25) is 19.7 Å². The number of hydrogen-bond donors (Lipinski definition) is 2. The molecule has 0 aliphatic heterocycles. The molecule has 136 valence electrons. The fourth-order valence-electron chi connectivity index (χ4n) is 2.38. The zero-order chi connectivity index (χ0) is 19.2. The van der Waals surface area contributed by atoms with Crippen LogP contribution < -0.4 is 10.6 Å². The zero-order valence-corrected chi connectivity index (χ0v) is 14.0. The van der Waals surface area contributed by atoms with E-state index in [2.05, 4.69) is 10.6 Å². The number of nitrogens with one attached hydrogen (secondary N) is 2. The summed E-state index contributed by atoms with van der Waals surface area (Å²) in [6, 6.07) is 15.3. The maximum Gasteiger partial charge on any atom is 0.270 e. The molecule has 0 atom stereocenters. The number of carbonyl (C=O) groups is 2. The van der Waals surface area contributed by atoms with Crippen molar-refractivity contribution in [3.05, 3.63) is 93.9 Å². The van der Waals surface area contributed by atoms with E-state index in [0.29, 0.717) is 17.0 Å². The molecule has 0 bridgehead atoms. The van der Waals surface area contributed by atoms with Crippen LogP contribution in [0.4, 0.5) is 11.4 Å². The number of nitro benzene ring substituents is 1. The van der Waals surface area contributed by atoms with Crippen LogP contribution in [-0.2, 0) is 6.54 Å². The van der Waals surface area contributed by atoms with Gasteiger partial charge in [0.2, 0.25) is 0 Å². The number of benzene rings is 2. The first-order valence-corrected chi connectivity index (χ1v) is 7.99. The first-order valence-electron chi connectivity index (χ1n) is 7.99. The highest BCUT2D eigenvalue weighted by atomic mass is 16.6. The standard InChI is InChI=1S/C19H15N3O5/c23-18(20-12-17-8-3-9-27-17)13-4-1-6-15(10-13)21-19(24)14-5-2-7-16(11-14)22(25)26/h1-11H,12H2,(H,20,23)(H,21,24). The van der Waals surface area contributed by atoms with E-state index in [1.165, 1.54) is 36.6 Å². The normalized spacial score (nSPS) is 10.2. The molecular formula is C19H15N3O5. The van der Waals surface area contributed by atoms with Gasteiger partial charge >= 0.3 is 0 Å². The summed E-state index contributed by atoms with van der Waals surface area (Å²) in [7, 11) is 0. The molecule has 27 heavy (non-hydrogen) atoms. The Kier molecular flexibility index (Phi) is 5.27. The average molecular weight is 365 g/mol. The molecule has 0 aliphatic carbocycles. The van der Waals surface area contributed by atoms with Crippen LogP contribution in [0.15, 0.2) is 71.3 Å². The van der Waals surface area contributed by atoms with Gasteiger partial charge < -0.3 is 15.1 Å². The van der Waals surface area contributed by atoms with Crippen molar-refractivity contribution < 1.29 is 18.9 Å². The Bertz CT molecular complexity index is 983. The highest BCUT2D eigenvalue weighted by Gasteiger charge is 2.13. The first-order chi connectivity index (χ1) is 13.0. The average Bonchev–Trinajstić information content (AvgIpc) is 3.20. The Morgan fingerprint density at radius 3 is 2.41 bits per heavy atom. The molecule has 8 nitrogen and oxygen atoms in total. The molecule has 0 unspecified atom stereocenters. The van der Waals surface area contributed by atoms with Crippen molar-refractivity contribution in [1.82, 2.24) is 5.32 Å². The molecule has 2 amide bonds. The molecular weight excluding hydrogens is 350 g/mol. The maximum atomic E-state index is 12.3. The van der Waals surface area contributed by atoms with Gasteiger partial charge in [0.05, 0.1) is 17.7 Å². The molecule has 3 aromatic rings. The maximum absolute atomic E-state index is 12.3. The van der Waals surface area contributed by atoms with Crippen LogP contribution in [0.1, 0.15) is 26.5 Å². The monoisotopic (exact) mass is 365 g/mol.